The van der Waals surface area contributed by atoms with Gasteiger partial charge in [-0.3, -0.25) is 0 Å². The van der Waals surface area contributed by atoms with Gasteiger partial charge in [0, 0.05) is 18.9 Å². The average Bonchev–Trinajstić information content (AvgIpc) is 3.23. The first-order valence-corrected chi connectivity index (χ1v) is 7.61. The lowest BCUT2D eigenvalue weighted by atomic mass is 10.2. The molecule has 1 aliphatic heterocycles. The van der Waals surface area contributed by atoms with Crippen LogP contribution in [-0.4, -0.2) is 42.0 Å². The number of carbonyl (C=O) groups is 1. The number of methoxy groups -OCH3 is 1. The Hall–Kier alpha value is -2.08. The van der Waals surface area contributed by atoms with E-state index in [1.807, 2.05) is 16.6 Å². The highest BCUT2D eigenvalue weighted by Gasteiger charge is 2.31. The van der Waals surface area contributed by atoms with Gasteiger partial charge in [-0.15, -0.1) is 0 Å². The highest BCUT2D eigenvalue weighted by molar-refractivity contribution is 5.96. The van der Waals surface area contributed by atoms with E-state index in [1.165, 1.54) is 7.11 Å². The fourth-order valence-electron chi connectivity index (χ4n) is 2.77. The van der Waals surface area contributed by atoms with Crippen LogP contribution in [0.25, 0.3) is 5.52 Å². The van der Waals surface area contributed by atoms with Crippen LogP contribution in [0.3, 0.4) is 0 Å². The number of pyridine rings is 1. The van der Waals surface area contributed by atoms with Crippen LogP contribution in [0.2, 0.25) is 0 Å². The predicted octanol–water partition coefficient (Wildman–Crippen LogP) is 2.17. The van der Waals surface area contributed by atoms with Crippen LogP contribution >= 0.6 is 0 Å². The minimum absolute atomic E-state index is 0.200. The Kier molecular flexibility index (Phi) is 3.26. The zero-order valence-corrected chi connectivity index (χ0v) is 12.4. The molecule has 0 amide bonds. The van der Waals surface area contributed by atoms with E-state index in [9.17, 15) is 4.79 Å². The number of nitrogens with zero attached hydrogens (tertiary/aromatic N) is 2. The average molecular weight is 302 g/mol. The zero-order valence-electron chi connectivity index (χ0n) is 12.4. The third kappa shape index (κ3) is 2.23. The van der Waals surface area contributed by atoms with Gasteiger partial charge in [0.2, 0.25) is 0 Å². The van der Waals surface area contributed by atoms with Crippen molar-refractivity contribution in [2.45, 2.75) is 31.3 Å². The van der Waals surface area contributed by atoms with Crippen molar-refractivity contribution in [1.29, 1.82) is 0 Å². The first-order valence-electron chi connectivity index (χ1n) is 7.61. The van der Waals surface area contributed by atoms with Crippen molar-refractivity contribution in [3.8, 4) is 5.75 Å². The van der Waals surface area contributed by atoms with Crippen molar-refractivity contribution in [3.63, 3.8) is 0 Å². The lowest BCUT2D eigenvalue weighted by molar-refractivity contribution is -0.0722. The second-order valence-corrected chi connectivity index (χ2v) is 5.80. The van der Waals surface area contributed by atoms with Crippen molar-refractivity contribution in [2.75, 3.05) is 20.3 Å². The molecule has 2 aliphatic rings. The molecular formula is C16H18N2O4. The van der Waals surface area contributed by atoms with E-state index in [0.29, 0.717) is 18.1 Å². The highest BCUT2D eigenvalue weighted by Crippen LogP contribution is 2.44. The number of hydrogen-bond acceptors (Lipinski definition) is 5. The number of esters is 1. The molecule has 1 saturated carbocycles. The SMILES string of the molecule is COC(=O)c1cnn2c(C3CC3)c(OCC3CCO3)ccc12. The van der Waals surface area contributed by atoms with Crippen LogP contribution in [0, 0.1) is 0 Å². The van der Waals surface area contributed by atoms with Gasteiger partial charge in [0.05, 0.1) is 30.6 Å². The van der Waals surface area contributed by atoms with Gasteiger partial charge in [-0.25, -0.2) is 9.31 Å². The Balaban J connectivity index is 1.71. The molecule has 6 nitrogen and oxygen atoms in total. The second kappa shape index (κ2) is 5.28. The smallest absolute Gasteiger partial charge is 0.341 e. The van der Waals surface area contributed by atoms with Gasteiger partial charge in [-0.2, -0.15) is 5.10 Å². The summed E-state index contributed by atoms with van der Waals surface area (Å²) in [5.74, 6) is 0.921. The Morgan fingerprint density at radius 1 is 1.41 bits per heavy atom. The molecule has 0 radical (unpaired) electrons. The molecule has 2 fully saturated rings. The maximum absolute atomic E-state index is 11.8. The molecule has 6 heteroatoms. The van der Waals surface area contributed by atoms with Crippen LogP contribution in [-0.2, 0) is 9.47 Å². The van der Waals surface area contributed by atoms with E-state index < -0.39 is 0 Å². The maximum Gasteiger partial charge on any atom is 0.341 e. The largest absolute Gasteiger partial charge is 0.489 e. The molecule has 22 heavy (non-hydrogen) atoms. The summed E-state index contributed by atoms with van der Waals surface area (Å²) in [6.07, 6.45) is 5.07. The van der Waals surface area contributed by atoms with Gasteiger partial charge in [-0.05, 0) is 25.0 Å². The lowest BCUT2D eigenvalue weighted by Gasteiger charge is -2.26. The standard InChI is InChI=1S/C16H18N2O4/c1-20-16(19)12-8-17-18-13(12)4-5-14(15(18)10-2-3-10)22-9-11-6-7-21-11/h4-5,8,10-11H,2-3,6-7,9H2,1H3. The number of ether oxygens (including phenoxy) is 3. The minimum Gasteiger partial charge on any atom is -0.489 e. The van der Waals surface area contributed by atoms with Crippen LogP contribution in [0.1, 0.15) is 41.2 Å². The first kappa shape index (κ1) is 13.6. The quantitative estimate of drug-likeness (QED) is 0.792. The van der Waals surface area contributed by atoms with Crippen LogP contribution in [0.15, 0.2) is 18.3 Å². The zero-order chi connectivity index (χ0) is 15.1. The summed E-state index contributed by atoms with van der Waals surface area (Å²) >= 11 is 0. The fourth-order valence-corrected chi connectivity index (χ4v) is 2.77. The van der Waals surface area contributed by atoms with Crippen molar-refractivity contribution in [2.24, 2.45) is 0 Å². The first-order chi connectivity index (χ1) is 10.8. The molecule has 0 bridgehead atoms. The molecule has 1 atom stereocenters. The molecule has 2 aromatic heterocycles. The molecule has 1 unspecified atom stereocenters. The van der Waals surface area contributed by atoms with Crippen LogP contribution < -0.4 is 4.74 Å². The Morgan fingerprint density at radius 3 is 2.86 bits per heavy atom. The van der Waals surface area contributed by atoms with Gasteiger partial charge >= 0.3 is 5.97 Å². The molecule has 0 spiro atoms. The highest BCUT2D eigenvalue weighted by atomic mass is 16.5. The van der Waals surface area contributed by atoms with E-state index in [2.05, 4.69) is 5.10 Å². The van der Waals surface area contributed by atoms with Crippen LogP contribution in [0.5, 0.6) is 5.75 Å². The molecule has 2 aromatic rings. The van der Waals surface area contributed by atoms with Crippen molar-refractivity contribution in [1.82, 2.24) is 9.61 Å². The van der Waals surface area contributed by atoms with E-state index in [-0.39, 0.29) is 12.1 Å². The summed E-state index contributed by atoms with van der Waals surface area (Å²) < 4.78 is 18.0. The third-order valence-electron chi connectivity index (χ3n) is 4.27. The fraction of sp³-hybridized carbons (Fsp3) is 0.500. The van der Waals surface area contributed by atoms with Gasteiger partial charge in [0.15, 0.2) is 0 Å². The number of hydrogen-bond donors (Lipinski definition) is 0. The summed E-state index contributed by atoms with van der Waals surface area (Å²) in [7, 11) is 1.38. The topological polar surface area (TPSA) is 62.1 Å². The van der Waals surface area contributed by atoms with Gasteiger partial charge in [-0.1, -0.05) is 0 Å². The molecule has 116 valence electrons. The van der Waals surface area contributed by atoms with E-state index >= 15 is 0 Å². The van der Waals surface area contributed by atoms with Crippen molar-refractivity contribution >= 4 is 11.5 Å². The Labute approximate surface area is 128 Å². The monoisotopic (exact) mass is 302 g/mol. The van der Waals surface area contributed by atoms with Crippen molar-refractivity contribution < 1.29 is 19.0 Å². The van der Waals surface area contributed by atoms with E-state index in [4.69, 9.17) is 14.2 Å². The molecule has 0 aromatic carbocycles. The molecule has 0 N–H and O–H groups in total. The molecule has 4 rings (SSSR count). The molecule has 3 heterocycles. The van der Waals surface area contributed by atoms with Gasteiger partial charge in [0.25, 0.3) is 0 Å². The summed E-state index contributed by atoms with van der Waals surface area (Å²) in [5, 5.41) is 4.38. The summed E-state index contributed by atoms with van der Waals surface area (Å²) in [6.45, 7) is 1.39. The number of aromatic nitrogens is 2. The number of fused-ring (bicyclic) bond motifs is 1. The summed E-state index contributed by atoms with van der Waals surface area (Å²) in [4.78, 5) is 11.8. The minimum atomic E-state index is -0.367. The van der Waals surface area contributed by atoms with Crippen molar-refractivity contribution in [3.05, 3.63) is 29.6 Å². The predicted molar refractivity (Wildman–Crippen MR) is 78.4 cm³/mol. The molecule has 1 aliphatic carbocycles. The van der Waals surface area contributed by atoms with Crippen LogP contribution in [0.4, 0.5) is 0 Å². The Bertz CT molecular complexity index is 716. The summed E-state index contributed by atoms with van der Waals surface area (Å²) in [6, 6.07) is 3.79. The summed E-state index contributed by atoms with van der Waals surface area (Å²) in [5.41, 5.74) is 2.30. The van der Waals surface area contributed by atoms with Gasteiger partial charge in [0.1, 0.15) is 17.9 Å². The second-order valence-electron chi connectivity index (χ2n) is 5.80. The molecular weight excluding hydrogens is 284 g/mol. The normalized spacial score (nSPS) is 20.7. The van der Waals surface area contributed by atoms with E-state index in [0.717, 1.165) is 42.8 Å². The van der Waals surface area contributed by atoms with Gasteiger partial charge < -0.3 is 14.2 Å². The third-order valence-corrected chi connectivity index (χ3v) is 4.27. The van der Waals surface area contributed by atoms with E-state index in [1.54, 1.807) is 6.20 Å². The molecule has 1 saturated heterocycles. The lowest BCUT2D eigenvalue weighted by Crippen LogP contribution is -2.32. The number of carbonyl (C=O) groups excluding carboxylic acids is 1. The number of rotatable bonds is 5. The Morgan fingerprint density at radius 2 is 2.23 bits per heavy atom. The maximum atomic E-state index is 11.8.